The zero-order valence-corrected chi connectivity index (χ0v) is 14.6. The Labute approximate surface area is 142 Å². The summed E-state index contributed by atoms with van der Waals surface area (Å²) in [6, 6.07) is 11.8. The van der Waals surface area contributed by atoms with Gasteiger partial charge in [-0.1, -0.05) is 30.7 Å². The van der Waals surface area contributed by atoms with Gasteiger partial charge in [0.2, 0.25) is 0 Å². The number of hydrogen-bond donors (Lipinski definition) is 1. The average molecular weight is 329 g/mol. The molecule has 0 spiro atoms. The molecule has 2 atom stereocenters. The summed E-state index contributed by atoms with van der Waals surface area (Å²) in [5.74, 6) is -0.0172. The summed E-state index contributed by atoms with van der Waals surface area (Å²) in [6.45, 7) is 7.91. The fraction of sp³-hybridized carbons (Fsp3) is 0.350. The van der Waals surface area contributed by atoms with Crippen molar-refractivity contribution in [2.75, 3.05) is 0 Å². The molecule has 0 saturated heterocycles. The van der Waals surface area contributed by atoms with E-state index in [1.165, 1.54) is 24.3 Å². The van der Waals surface area contributed by atoms with Crippen LogP contribution in [0.25, 0.3) is 0 Å². The molecule has 0 heterocycles. The van der Waals surface area contributed by atoms with Gasteiger partial charge in [0.15, 0.2) is 6.10 Å². The smallest absolute Gasteiger partial charge is 0.261 e. The molecule has 0 bridgehead atoms. The lowest BCUT2D eigenvalue weighted by Crippen LogP contribution is -2.39. The number of hydrogen-bond acceptors (Lipinski definition) is 2. The van der Waals surface area contributed by atoms with E-state index in [1.54, 1.807) is 0 Å². The highest BCUT2D eigenvalue weighted by Gasteiger charge is 2.21. The minimum atomic E-state index is -0.608. The van der Waals surface area contributed by atoms with E-state index in [-0.39, 0.29) is 17.8 Å². The first-order chi connectivity index (χ1) is 11.4. The van der Waals surface area contributed by atoms with Crippen molar-refractivity contribution >= 4 is 5.91 Å². The molecule has 4 heteroatoms. The molecule has 0 aliphatic rings. The summed E-state index contributed by atoms with van der Waals surface area (Å²) in [5, 5.41) is 3.01. The van der Waals surface area contributed by atoms with Crippen LogP contribution in [0.5, 0.6) is 5.75 Å². The highest BCUT2D eigenvalue weighted by molar-refractivity contribution is 5.81. The van der Waals surface area contributed by atoms with Crippen molar-refractivity contribution in [3.05, 3.63) is 65.0 Å². The van der Waals surface area contributed by atoms with Gasteiger partial charge in [-0.25, -0.2) is 4.39 Å². The van der Waals surface area contributed by atoms with Gasteiger partial charge in [-0.3, -0.25) is 4.79 Å². The first kappa shape index (κ1) is 18.0. The molecule has 1 N–H and O–H groups in total. The first-order valence-corrected chi connectivity index (χ1v) is 8.20. The number of amides is 1. The van der Waals surface area contributed by atoms with E-state index in [9.17, 15) is 9.18 Å². The summed E-state index contributed by atoms with van der Waals surface area (Å²) in [6.07, 6.45) is -0.0778. The molecular formula is C20H24FNO2. The quantitative estimate of drug-likeness (QED) is 0.849. The molecule has 2 aromatic rings. The molecule has 0 saturated carbocycles. The molecule has 24 heavy (non-hydrogen) atoms. The van der Waals surface area contributed by atoms with Crippen LogP contribution < -0.4 is 10.1 Å². The predicted octanol–water partition coefficient (Wildman–Crippen LogP) is 4.48. The molecule has 0 aromatic heterocycles. The zero-order chi connectivity index (χ0) is 17.7. The van der Waals surface area contributed by atoms with Gasteiger partial charge >= 0.3 is 0 Å². The van der Waals surface area contributed by atoms with Crippen LogP contribution in [0.3, 0.4) is 0 Å². The Hall–Kier alpha value is -2.36. The monoisotopic (exact) mass is 329 g/mol. The molecule has 3 nitrogen and oxygen atoms in total. The first-order valence-electron chi connectivity index (χ1n) is 8.20. The van der Waals surface area contributed by atoms with E-state index in [1.807, 2.05) is 27.7 Å². The number of carbonyl (C=O) groups is 1. The van der Waals surface area contributed by atoms with Crippen LogP contribution in [-0.2, 0) is 4.79 Å². The van der Waals surface area contributed by atoms with E-state index in [4.69, 9.17) is 4.74 Å². The molecule has 0 aliphatic heterocycles. The normalized spacial score (nSPS) is 13.2. The second-order valence-corrected chi connectivity index (χ2v) is 6.06. The Morgan fingerprint density at radius 3 is 2.46 bits per heavy atom. The SMILES string of the molecule is CC[C@H](Oc1ccc(F)cc1)C(=O)N[C@H](C)c1cc(C)ccc1C. The summed E-state index contributed by atoms with van der Waals surface area (Å²) in [5.41, 5.74) is 3.40. The topological polar surface area (TPSA) is 38.3 Å². The summed E-state index contributed by atoms with van der Waals surface area (Å²) < 4.78 is 18.7. The number of nitrogens with one attached hydrogen (secondary N) is 1. The van der Waals surface area contributed by atoms with Crippen molar-refractivity contribution in [2.24, 2.45) is 0 Å². The maximum Gasteiger partial charge on any atom is 0.261 e. The fourth-order valence-electron chi connectivity index (χ4n) is 2.61. The lowest BCUT2D eigenvalue weighted by atomic mass is 10.00. The third-order valence-electron chi connectivity index (χ3n) is 4.02. The maximum absolute atomic E-state index is 13.0. The van der Waals surface area contributed by atoms with Crippen molar-refractivity contribution < 1.29 is 13.9 Å². The number of aryl methyl sites for hydroxylation is 2. The molecule has 2 rings (SSSR count). The van der Waals surface area contributed by atoms with E-state index in [2.05, 4.69) is 23.5 Å². The summed E-state index contributed by atoms with van der Waals surface area (Å²) in [4.78, 5) is 12.5. The van der Waals surface area contributed by atoms with Crippen LogP contribution >= 0.6 is 0 Å². The third-order valence-corrected chi connectivity index (χ3v) is 4.02. The van der Waals surface area contributed by atoms with Gasteiger partial charge in [0.25, 0.3) is 5.91 Å². The van der Waals surface area contributed by atoms with Crippen LogP contribution in [0.2, 0.25) is 0 Å². The molecule has 128 valence electrons. The molecule has 0 radical (unpaired) electrons. The summed E-state index contributed by atoms with van der Waals surface area (Å²) in [7, 11) is 0. The Morgan fingerprint density at radius 2 is 1.83 bits per heavy atom. The Balaban J connectivity index is 2.05. The van der Waals surface area contributed by atoms with E-state index in [0.717, 1.165) is 16.7 Å². The molecule has 0 fully saturated rings. The van der Waals surface area contributed by atoms with Gasteiger partial charge in [0.1, 0.15) is 11.6 Å². The van der Waals surface area contributed by atoms with Crippen molar-refractivity contribution in [3.63, 3.8) is 0 Å². The number of ether oxygens (including phenoxy) is 1. The highest BCUT2D eigenvalue weighted by atomic mass is 19.1. The second kappa shape index (κ2) is 7.95. The Kier molecular flexibility index (Phi) is 5.96. The van der Waals surface area contributed by atoms with Gasteiger partial charge in [0, 0.05) is 0 Å². The van der Waals surface area contributed by atoms with Gasteiger partial charge in [-0.2, -0.15) is 0 Å². The van der Waals surface area contributed by atoms with Crippen molar-refractivity contribution in [1.29, 1.82) is 0 Å². The molecule has 0 unspecified atom stereocenters. The molecular weight excluding hydrogens is 305 g/mol. The second-order valence-electron chi connectivity index (χ2n) is 6.06. The van der Waals surface area contributed by atoms with Gasteiger partial charge < -0.3 is 10.1 Å². The fourth-order valence-corrected chi connectivity index (χ4v) is 2.61. The van der Waals surface area contributed by atoms with Crippen LogP contribution in [0.4, 0.5) is 4.39 Å². The van der Waals surface area contributed by atoms with E-state index in [0.29, 0.717) is 12.2 Å². The van der Waals surface area contributed by atoms with Crippen LogP contribution in [0.1, 0.15) is 43.0 Å². The Bertz CT molecular complexity index is 697. The average Bonchev–Trinajstić information content (AvgIpc) is 2.56. The number of benzene rings is 2. The van der Waals surface area contributed by atoms with Crippen molar-refractivity contribution in [3.8, 4) is 5.75 Å². The molecule has 0 aliphatic carbocycles. The standard InChI is InChI=1S/C20H24FNO2/c1-5-19(24-17-10-8-16(21)9-11-17)20(23)22-15(4)18-12-13(2)6-7-14(18)3/h6-12,15,19H,5H2,1-4H3,(H,22,23)/t15-,19+/m1/s1. The third kappa shape index (κ3) is 4.57. The lowest BCUT2D eigenvalue weighted by molar-refractivity contribution is -0.128. The van der Waals surface area contributed by atoms with Crippen molar-refractivity contribution in [2.45, 2.75) is 46.3 Å². The minimum absolute atomic E-state index is 0.108. The van der Waals surface area contributed by atoms with Crippen LogP contribution in [-0.4, -0.2) is 12.0 Å². The van der Waals surface area contributed by atoms with Gasteiger partial charge in [-0.05, 0) is 62.6 Å². The lowest BCUT2D eigenvalue weighted by Gasteiger charge is -2.22. The Morgan fingerprint density at radius 1 is 1.17 bits per heavy atom. The number of halogens is 1. The number of carbonyl (C=O) groups excluding carboxylic acids is 1. The molecule has 1 amide bonds. The predicted molar refractivity (Wildman–Crippen MR) is 93.6 cm³/mol. The minimum Gasteiger partial charge on any atom is -0.481 e. The van der Waals surface area contributed by atoms with E-state index < -0.39 is 6.10 Å². The van der Waals surface area contributed by atoms with Gasteiger partial charge in [0.05, 0.1) is 6.04 Å². The zero-order valence-electron chi connectivity index (χ0n) is 14.6. The van der Waals surface area contributed by atoms with Crippen LogP contribution in [0.15, 0.2) is 42.5 Å². The van der Waals surface area contributed by atoms with Gasteiger partial charge in [-0.15, -0.1) is 0 Å². The van der Waals surface area contributed by atoms with E-state index >= 15 is 0 Å². The maximum atomic E-state index is 13.0. The number of rotatable bonds is 6. The highest BCUT2D eigenvalue weighted by Crippen LogP contribution is 2.20. The largest absolute Gasteiger partial charge is 0.481 e. The van der Waals surface area contributed by atoms with Crippen molar-refractivity contribution in [1.82, 2.24) is 5.32 Å². The molecule has 2 aromatic carbocycles. The summed E-state index contributed by atoms with van der Waals surface area (Å²) >= 11 is 0. The van der Waals surface area contributed by atoms with Crippen LogP contribution in [0, 0.1) is 19.7 Å².